The Morgan fingerprint density at radius 2 is 1.81 bits per heavy atom. The number of aromatic amines is 1. The number of rotatable bonds is 3. The van der Waals surface area contributed by atoms with Crippen molar-refractivity contribution in [2.75, 3.05) is 0 Å². The zero-order chi connectivity index (χ0) is 18.8. The smallest absolute Gasteiger partial charge is 0.269 e. The Hall–Kier alpha value is -3.00. The number of amides is 2. The van der Waals surface area contributed by atoms with Gasteiger partial charge in [-0.1, -0.05) is 17.7 Å². The van der Waals surface area contributed by atoms with Gasteiger partial charge in [0.05, 0.1) is 11.8 Å². The molecular weight excluding hydrogens is 352 g/mol. The van der Waals surface area contributed by atoms with E-state index in [1.807, 2.05) is 32.9 Å². The van der Waals surface area contributed by atoms with Crippen LogP contribution in [-0.2, 0) is 11.2 Å². The van der Waals surface area contributed by atoms with Gasteiger partial charge in [0.1, 0.15) is 10.7 Å². The topological polar surface area (TPSA) is 104 Å². The Morgan fingerprint density at radius 1 is 1.12 bits per heavy atom. The minimum atomic E-state index is -0.474. The molecule has 0 fully saturated rings. The lowest BCUT2D eigenvalue weighted by Gasteiger charge is -2.07. The molecule has 26 heavy (non-hydrogen) atoms. The Kier molecular flexibility index (Phi) is 4.85. The van der Waals surface area contributed by atoms with E-state index >= 15 is 0 Å². The van der Waals surface area contributed by atoms with E-state index in [-0.39, 0.29) is 17.8 Å². The fourth-order valence-electron chi connectivity index (χ4n) is 2.48. The number of fused-ring (bicyclic) bond motifs is 1. The van der Waals surface area contributed by atoms with Crippen molar-refractivity contribution in [2.24, 2.45) is 0 Å². The number of hydrogen-bond donors (Lipinski definition) is 3. The minimum Gasteiger partial charge on any atom is -0.309 e. The van der Waals surface area contributed by atoms with Crippen molar-refractivity contribution in [1.29, 1.82) is 0 Å². The molecule has 2 amide bonds. The molecule has 2 heterocycles. The molecule has 0 atom stereocenters. The van der Waals surface area contributed by atoms with Crippen LogP contribution in [0.5, 0.6) is 0 Å². The lowest BCUT2D eigenvalue weighted by molar-refractivity contribution is -0.121. The van der Waals surface area contributed by atoms with E-state index in [4.69, 9.17) is 0 Å². The first-order chi connectivity index (χ1) is 12.3. The molecule has 0 unspecified atom stereocenters. The molecule has 2 aromatic heterocycles. The van der Waals surface area contributed by atoms with Crippen molar-refractivity contribution in [3.05, 3.63) is 62.0 Å². The third-order valence-corrected chi connectivity index (χ3v) is 5.15. The van der Waals surface area contributed by atoms with Gasteiger partial charge in [0.25, 0.3) is 11.5 Å². The summed E-state index contributed by atoms with van der Waals surface area (Å²) in [6.07, 6.45) is -0.143. The quantitative estimate of drug-likeness (QED) is 0.613. The largest absolute Gasteiger partial charge is 0.309 e. The fourth-order valence-corrected chi connectivity index (χ4v) is 3.53. The molecule has 7 nitrogen and oxygen atoms in total. The van der Waals surface area contributed by atoms with Crippen LogP contribution < -0.4 is 16.4 Å². The first kappa shape index (κ1) is 17.8. The molecular formula is C18H18N4O3S. The summed E-state index contributed by atoms with van der Waals surface area (Å²) in [6, 6.07) is 6.97. The molecule has 134 valence electrons. The lowest BCUT2D eigenvalue weighted by Crippen LogP contribution is -2.42. The maximum Gasteiger partial charge on any atom is 0.269 e. The zero-order valence-corrected chi connectivity index (χ0v) is 15.4. The first-order valence-electron chi connectivity index (χ1n) is 8.00. The summed E-state index contributed by atoms with van der Waals surface area (Å²) in [5.41, 5.74) is 6.80. The molecule has 0 saturated carbocycles. The molecule has 3 rings (SSSR count). The number of aromatic nitrogens is 2. The van der Waals surface area contributed by atoms with E-state index in [1.54, 1.807) is 12.1 Å². The highest BCUT2D eigenvalue weighted by Crippen LogP contribution is 2.25. The van der Waals surface area contributed by atoms with Gasteiger partial charge in [0.15, 0.2) is 0 Å². The average molecular weight is 370 g/mol. The minimum absolute atomic E-state index is 0.143. The Labute approximate surface area is 153 Å². The van der Waals surface area contributed by atoms with Crippen LogP contribution >= 0.6 is 11.3 Å². The number of benzene rings is 1. The average Bonchev–Trinajstić information content (AvgIpc) is 2.88. The van der Waals surface area contributed by atoms with Crippen LogP contribution in [-0.4, -0.2) is 21.8 Å². The number of thiophene rings is 1. The standard InChI is InChI=1S/C18H18N4O3S/c1-9-4-6-12(7-5-9)16(24)22-21-14(23)8-13-19-17(25)15-10(2)11(3)26-18(15)20-13/h4-7H,8H2,1-3H3,(H,21,23)(H,22,24)(H,19,20,25). The maximum atomic E-state index is 12.2. The van der Waals surface area contributed by atoms with Crippen molar-refractivity contribution >= 4 is 33.4 Å². The van der Waals surface area contributed by atoms with E-state index in [9.17, 15) is 14.4 Å². The van der Waals surface area contributed by atoms with Crippen molar-refractivity contribution in [3.8, 4) is 0 Å². The van der Waals surface area contributed by atoms with Crippen LogP contribution in [0.25, 0.3) is 10.2 Å². The number of hydrogen-bond acceptors (Lipinski definition) is 5. The summed E-state index contributed by atoms with van der Waals surface area (Å²) in [7, 11) is 0. The van der Waals surface area contributed by atoms with E-state index in [2.05, 4.69) is 20.8 Å². The summed E-state index contributed by atoms with van der Waals surface area (Å²) in [6.45, 7) is 5.72. The molecule has 3 aromatic rings. The molecule has 8 heteroatoms. The Morgan fingerprint density at radius 3 is 2.50 bits per heavy atom. The molecule has 0 spiro atoms. The Balaban J connectivity index is 1.66. The second kappa shape index (κ2) is 7.09. The normalized spacial score (nSPS) is 10.7. The number of carbonyl (C=O) groups excluding carboxylic acids is 2. The molecule has 1 aromatic carbocycles. The van der Waals surface area contributed by atoms with Crippen LogP contribution in [0.4, 0.5) is 0 Å². The molecule has 0 aliphatic rings. The lowest BCUT2D eigenvalue weighted by atomic mass is 10.1. The van der Waals surface area contributed by atoms with Crippen LogP contribution in [0, 0.1) is 20.8 Å². The second-order valence-electron chi connectivity index (χ2n) is 6.02. The molecule has 0 saturated heterocycles. The number of hydrazine groups is 1. The number of carbonyl (C=O) groups is 2. The van der Waals surface area contributed by atoms with Gasteiger partial charge >= 0.3 is 0 Å². The van der Waals surface area contributed by atoms with Crippen molar-refractivity contribution < 1.29 is 9.59 Å². The van der Waals surface area contributed by atoms with E-state index in [1.165, 1.54) is 11.3 Å². The highest BCUT2D eigenvalue weighted by molar-refractivity contribution is 7.18. The van der Waals surface area contributed by atoms with Crippen LogP contribution in [0.1, 0.15) is 32.2 Å². The second-order valence-corrected chi connectivity index (χ2v) is 7.22. The summed E-state index contributed by atoms with van der Waals surface area (Å²) in [5, 5.41) is 0.560. The SMILES string of the molecule is Cc1ccc(C(=O)NNC(=O)Cc2nc3sc(C)c(C)c3c(=O)[nH]2)cc1. The van der Waals surface area contributed by atoms with Gasteiger partial charge in [-0.05, 0) is 38.5 Å². The number of H-pyrrole nitrogens is 1. The highest BCUT2D eigenvalue weighted by Gasteiger charge is 2.14. The monoisotopic (exact) mass is 370 g/mol. The van der Waals surface area contributed by atoms with Gasteiger partial charge in [-0.15, -0.1) is 11.3 Å². The number of nitrogens with zero attached hydrogens (tertiary/aromatic N) is 1. The van der Waals surface area contributed by atoms with Crippen molar-refractivity contribution in [3.63, 3.8) is 0 Å². The summed E-state index contributed by atoms with van der Waals surface area (Å²) in [5.74, 6) is -0.636. The predicted molar refractivity (Wildman–Crippen MR) is 100 cm³/mol. The molecule has 0 radical (unpaired) electrons. The van der Waals surface area contributed by atoms with Gasteiger partial charge in [0.2, 0.25) is 5.91 Å². The number of aryl methyl sites for hydroxylation is 3. The molecule has 0 bridgehead atoms. The fraction of sp³-hybridized carbons (Fsp3) is 0.222. The van der Waals surface area contributed by atoms with Gasteiger partial charge in [0, 0.05) is 10.4 Å². The first-order valence-corrected chi connectivity index (χ1v) is 8.81. The van der Waals surface area contributed by atoms with Crippen LogP contribution in [0.15, 0.2) is 29.1 Å². The molecule has 0 aliphatic heterocycles. The van der Waals surface area contributed by atoms with E-state index < -0.39 is 11.8 Å². The third-order valence-electron chi connectivity index (χ3n) is 4.05. The maximum absolute atomic E-state index is 12.2. The predicted octanol–water partition coefficient (Wildman–Crippen LogP) is 1.91. The summed E-state index contributed by atoms with van der Waals surface area (Å²) >= 11 is 1.42. The van der Waals surface area contributed by atoms with Crippen LogP contribution in [0.2, 0.25) is 0 Å². The van der Waals surface area contributed by atoms with E-state index in [0.717, 1.165) is 16.0 Å². The molecule has 3 N–H and O–H groups in total. The summed E-state index contributed by atoms with van der Waals surface area (Å²) < 4.78 is 0. The van der Waals surface area contributed by atoms with Crippen molar-refractivity contribution in [2.45, 2.75) is 27.2 Å². The zero-order valence-electron chi connectivity index (χ0n) is 14.6. The summed E-state index contributed by atoms with van der Waals surface area (Å²) in [4.78, 5) is 44.8. The van der Waals surface area contributed by atoms with Gasteiger partial charge in [-0.2, -0.15) is 0 Å². The van der Waals surface area contributed by atoms with E-state index in [0.29, 0.717) is 15.8 Å². The highest BCUT2D eigenvalue weighted by atomic mass is 32.1. The Bertz CT molecular complexity index is 1050. The van der Waals surface area contributed by atoms with Gasteiger partial charge in [-0.3, -0.25) is 25.2 Å². The third kappa shape index (κ3) is 3.65. The van der Waals surface area contributed by atoms with Gasteiger partial charge in [-0.25, -0.2) is 4.98 Å². The van der Waals surface area contributed by atoms with Crippen molar-refractivity contribution in [1.82, 2.24) is 20.8 Å². The van der Waals surface area contributed by atoms with Gasteiger partial charge < -0.3 is 4.98 Å². The van der Waals surface area contributed by atoms with Crippen LogP contribution in [0.3, 0.4) is 0 Å². The number of nitrogens with one attached hydrogen (secondary N) is 3. The molecule has 0 aliphatic carbocycles.